The second-order valence-corrected chi connectivity index (χ2v) is 6.86. The van der Waals surface area contributed by atoms with E-state index in [1.165, 1.54) is 0 Å². The van der Waals surface area contributed by atoms with Gasteiger partial charge in [-0.1, -0.05) is 18.2 Å². The van der Waals surface area contributed by atoms with Crippen molar-refractivity contribution in [2.75, 3.05) is 0 Å². The zero-order valence-corrected chi connectivity index (χ0v) is 16.4. The molecule has 4 rings (SSSR count). The number of pyridine rings is 1. The largest absolute Gasteiger partial charge is 0.345 e. The molecular formula is C20H19N7O3. The molecule has 0 saturated carbocycles. The van der Waals surface area contributed by atoms with Crippen LogP contribution in [-0.2, 0) is 13.1 Å². The van der Waals surface area contributed by atoms with Crippen LogP contribution in [0.3, 0.4) is 0 Å². The molecule has 0 aliphatic carbocycles. The van der Waals surface area contributed by atoms with E-state index in [9.17, 15) is 14.9 Å². The quantitative estimate of drug-likeness (QED) is 0.388. The summed E-state index contributed by atoms with van der Waals surface area (Å²) in [6.07, 6.45) is 1.84. The number of aryl methyl sites for hydroxylation is 1. The predicted octanol–water partition coefficient (Wildman–Crippen LogP) is 2.43. The van der Waals surface area contributed by atoms with Crippen molar-refractivity contribution >= 4 is 17.2 Å². The van der Waals surface area contributed by atoms with Gasteiger partial charge < -0.3 is 5.32 Å². The number of carbonyl (C=O) groups excluding carboxylic acids is 1. The van der Waals surface area contributed by atoms with Crippen molar-refractivity contribution < 1.29 is 9.72 Å². The minimum atomic E-state index is -0.416. The maximum Gasteiger partial charge on any atom is 0.312 e. The fourth-order valence-corrected chi connectivity index (χ4v) is 3.31. The summed E-state index contributed by atoms with van der Waals surface area (Å²) in [5.74, 6) is 0.415. The number of amides is 1. The first-order valence-corrected chi connectivity index (χ1v) is 9.28. The van der Waals surface area contributed by atoms with Gasteiger partial charge in [0, 0.05) is 11.8 Å². The molecule has 3 aromatic heterocycles. The van der Waals surface area contributed by atoms with Crippen LogP contribution in [0.25, 0.3) is 5.65 Å². The molecule has 0 saturated heterocycles. The summed E-state index contributed by atoms with van der Waals surface area (Å²) < 4.78 is 3.41. The topological polar surface area (TPSA) is 120 Å². The van der Waals surface area contributed by atoms with Crippen LogP contribution in [0.5, 0.6) is 0 Å². The molecule has 0 fully saturated rings. The van der Waals surface area contributed by atoms with Crippen molar-refractivity contribution in [1.82, 2.24) is 29.7 Å². The molecule has 0 radical (unpaired) electrons. The number of nitrogens with one attached hydrogen (secondary N) is 1. The third kappa shape index (κ3) is 3.62. The van der Waals surface area contributed by atoms with Gasteiger partial charge in [-0.05, 0) is 43.7 Å². The molecule has 0 unspecified atom stereocenters. The lowest BCUT2D eigenvalue weighted by Gasteiger charge is -2.07. The second kappa shape index (κ2) is 7.74. The normalized spacial score (nSPS) is 11.0. The number of nitrogens with zero attached hydrogens (tertiary/aromatic N) is 6. The highest BCUT2D eigenvalue weighted by atomic mass is 16.6. The van der Waals surface area contributed by atoms with Gasteiger partial charge in [-0.15, -0.1) is 10.2 Å². The van der Waals surface area contributed by atoms with Gasteiger partial charge in [0.05, 0.1) is 18.0 Å². The van der Waals surface area contributed by atoms with Gasteiger partial charge >= 0.3 is 5.69 Å². The van der Waals surface area contributed by atoms with Crippen molar-refractivity contribution in [3.63, 3.8) is 0 Å². The molecule has 10 nitrogen and oxygen atoms in total. The molecule has 1 aromatic carbocycles. The molecule has 0 aliphatic rings. The fraction of sp³-hybridized carbons (Fsp3) is 0.200. The first kappa shape index (κ1) is 19.2. The summed E-state index contributed by atoms with van der Waals surface area (Å²) in [5, 5.41) is 26.4. The van der Waals surface area contributed by atoms with Gasteiger partial charge in [-0.2, -0.15) is 5.10 Å². The molecule has 0 aliphatic heterocycles. The third-order valence-electron chi connectivity index (χ3n) is 4.87. The van der Waals surface area contributed by atoms with Gasteiger partial charge in [0.15, 0.2) is 11.5 Å². The van der Waals surface area contributed by atoms with E-state index in [0.29, 0.717) is 29.3 Å². The zero-order chi connectivity index (χ0) is 21.3. The Bertz CT molecular complexity index is 1240. The maximum atomic E-state index is 12.5. The molecule has 30 heavy (non-hydrogen) atoms. The standard InChI is InChI=1S/C20H19N7O3/c1-13-19(27(29)30)14(2)26(24-13)12-15-6-8-16(9-7-15)20(28)21-11-18-23-22-17-5-3-4-10-25(17)18/h3-10H,11-12H2,1-2H3,(H,21,28). The van der Waals surface area contributed by atoms with Gasteiger partial charge in [-0.3, -0.25) is 24.0 Å². The van der Waals surface area contributed by atoms with E-state index in [0.717, 1.165) is 11.2 Å². The van der Waals surface area contributed by atoms with Crippen LogP contribution in [0.15, 0.2) is 48.7 Å². The number of nitro groups is 1. The lowest BCUT2D eigenvalue weighted by atomic mass is 10.1. The van der Waals surface area contributed by atoms with Crippen LogP contribution in [-0.4, -0.2) is 35.2 Å². The SMILES string of the molecule is Cc1nn(Cc2ccc(C(=O)NCc3nnc4ccccn34)cc2)c(C)c1[N+](=O)[O-]. The summed E-state index contributed by atoms with van der Waals surface area (Å²) in [6, 6.07) is 12.6. The highest BCUT2D eigenvalue weighted by Gasteiger charge is 2.21. The lowest BCUT2D eigenvalue weighted by Crippen LogP contribution is -2.24. The molecule has 152 valence electrons. The molecule has 1 amide bonds. The monoisotopic (exact) mass is 405 g/mol. The van der Waals surface area contributed by atoms with Crippen LogP contribution in [0.2, 0.25) is 0 Å². The Kier molecular flexibility index (Phi) is 4.97. The Hall–Kier alpha value is -4.08. The number of hydrogen-bond donors (Lipinski definition) is 1. The Labute approximate surface area is 171 Å². The van der Waals surface area contributed by atoms with Crippen molar-refractivity contribution in [3.8, 4) is 0 Å². The highest BCUT2D eigenvalue weighted by molar-refractivity contribution is 5.94. The van der Waals surface area contributed by atoms with Crippen LogP contribution in [0, 0.1) is 24.0 Å². The minimum Gasteiger partial charge on any atom is -0.345 e. The van der Waals surface area contributed by atoms with E-state index in [2.05, 4.69) is 20.6 Å². The summed E-state index contributed by atoms with van der Waals surface area (Å²) in [7, 11) is 0. The van der Waals surface area contributed by atoms with E-state index >= 15 is 0 Å². The number of aromatic nitrogens is 5. The Morgan fingerprint density at radius 3 is 2.60 bits per heavy atom. The average molecular weight is 405 g/mol. The summed E-state index contributed by atoms with van der Waals surface area (Å²) >= 11 is 0. The minimum absolute atomic E-state index is 0.0343. The maximum absolute atomic E-state index is 12.5. The lowest BCUT2D eigenvalue weighted by molar-refractivity contribution is -0.386. The van der Waals surface area contributed by atoms with Crippen molar-refractivity contribution in [2.24, 2.45) is 0 Å². The van der Waals surface area contributed by atoms with Gasteiger partial charge in [0.1, 0.15) is 11.4 Å². The van der Waals surface area contributed by atoms with E-state index < -0.39 is 4.92 Å². The van der Waals surface area contributed by atoms with Gasteiger partial charge in [-0.25, -0.2) is 0 Å². The van der Waals surface area contributed by atoms with Gasteiger partial charge in [0.2, 0.25) is 0 Å². The van der Waals surface area contributed by atoms with Crippen molar-refractivity contribution in [2.45, 2.75) is 26.9 Å². The average Bonchev–Trinajstić information content (AvgIpc) is 3.27. The van der Waals surface area contributed by atoms with Crippen LogP contribution >= 0.6 is 0 Å². The zero-order valence-electron chi connectivity index (χ0n) is 16.4. The van der Waals surface area contributed by atoms with Crippen LogP contribution in [0.1, 0.15) is 33.1 Å². The summed E-state index contributed by atoms with van der Waals surface area (Å²) in [5.41, 5.74) is 3.03. The van der Waals surface area contributed by atoms with E-state index in [4.69, 9.17) is 0 Å². The molecule has 4 aromatic rings. The first-order chi connectivity index (χ1) is 14.4. The highest BCUT2D eigenvalue weighted by Crippen LogP contribution is 2.22. The van der Waals surface area contributed by atoms with E-state index in [-0.39, 0.29) is 18.1 Å². The third-order valence-corrected chi connectivity index (χ3v) is 4.87. The van der Waals surface area contributed by atoms with Crippen LogP contribution < -0.4 is 5.32 Å². The fourth-order valence-electron chi connectivity index (χ4n) is 3.31. The predicted molar refractivity (Wildman–Crippen MR) is 108 cm³/mol. The molecule has 1 N–H and O–H groups in total. The second-order valence-electron chi connectivity index (χ2n) is 6.86. The molecular weight excluding hydrogens is 386 g/mol. The molecule has 10 heteroatoms. The van der Waals surface area contributed by atoms with E-state index in [1.54, 1.807) is 30.7 Å². The number of rotatable bonds is 6. The Balaban J connectivity index is 1.42. The molecule has 0 spiro atoms. The molecule has 0 atom stereocenters. The van der Waals surface area contributed by atoms with Crippen LogP contribution in [0.4, 0.5) is 5.69 Å². The Morgan fingerprint density at radius 2 is 1.90 bits per heavy atom. The molecule has 3 heterocycles. The Morgan fingerprint density at radius 1 is 1.13 bits per heavy atom. The van der Waals surface area contributed by atoms with Crippen molar-refractivity contribution in [1.29, 1.82) is 0 Å². The summed E-state index contributed by atoms with van der Waals surface area (Å²) in [4.78, 5) is 23.2. The van der Waals surface area contributed by atoms with E-state index in [1.807, 2.05) is 40.9 Å². The van der Waals surface area contributed by atoms with Gasteiger partial charge in [0.25, 0.3) is 5.91 Å². The molecule has 0 bridgehead atoms. The first-order valence-electron chi connectivity index (χ1n) is 9.28. The summed E-state index contributed by atoms with van der Waals surface area (Å²) in [6.45, 7) is 3.93. The number of fused-ring (bicyclic) bond motifs is 1. The number of carbonyl (C=O) groups is 1. The number of hydrogen-bond acceptors (Lipinski definition) is 6. The van der Waals surface area contributed by atoms with Crippen molar-refractivity contribution in [3.05, 3.63) is 87.1 Å². The number of benzene rings is 1. The smallest absolute Gasteiger partial charge is 0.312 e.